The van der Waals surface area contributed by atoms with Crippen LogP contribution < -0.4 is 0 Å². The van der Waals surface area contributed by atoms with E-state index < -0.39 is 0 Å². The van der Waals surface area contributed by atoms with Gasteiger partial charge in [-0.25, -0.2) is 9.97 Å². The first-order valence-electron chi connectivity index (χ1n) is 12.2. The first kappa shape index (κ1) is 22.9. The summed E-state index contributed by atoms with van der Waals surface area (Å²) in [6.07, 6.45) is 0. The van der Waals surface area contributed by atoms with Crippen molar-refractivity contribution in [3.05, 3.63) is 145 Å². The Labute approximate surface area is 221 Å². The Bertz CT molecular complexity index is 1660. The van der Waals surface area contributed by atoms with Crippen molar-refractivity contribution in [2.45, 2.75) is 0 Å². The highest BCUT2D eigenvalue weighted by Gasteiger charge is 2.12. The van der Waals surface area contributed by atoms with E-state index in [0.29, 0.717) is 5.82 Å². The molecule has 0 unspecified atom stereocenters. The third kappa shape index (κ3) is 5.06. The zero-order valence-corrected chi connectivity index (χ0v) is 20.8. The highest BCUT2D eigenvalue weighted by molar-refractivity contribution is 6.30. The highest BCUT2D eigenvalue weighted by Crippen LogP contribution is 2.32. The van der Waals surface area contributed by atoms with E-state index in [9.17, 15) is 0 Å². The molecule has 0 amide bonds. The summed E-state index contributed by atoms with van der Waals surface area (Å²) in [5, 5.41) is 0.727. The van der Waals surface area contributed by atoms with E-state index in [1.807, 2.05) is 60.7 Å². The minimum absolute atomic E-state index is 0.704. The minimum atomic E-state index is 0.704. The van der Waals surface area contributed by atoms with Crippen molar-refractivity contribution in [3.63, 3.8) is 0 Å². The van der Waals surface area contributed by atoms with Crippen LogP contribution in [0.2, 0.25) is 5.02 Å². The van der Waals surface area contributed by atoms with Crippen LogP contribution in [0, 0.1) is 0 Å². The average molecular weight is 495 g/mol. The van der Waals surface area contributed by atoms with Gasteiger partial charge < -0.3 is 0 Å². The molecule has 0 saturated carbocycles. The minimum Gasteiger partial charge on any atom is -0.228 e. The molecule has 6 aromatic rings. The molecule has 0 aliphatic rings. The zero-order valence-electron chi connectivity index (χ0n) is 20.1. The molecule has 0 fully saturated rings. The number of rotatable bonds is 5. The normalized spacial score (nSPS) is 10.8. The van der Waals surface area contributed by atoms with Crippen molar-refractivity contribution >= 4 is 11.6 Å². The molecule has 6 rings (SSSR count). The summed E-state index contributed by atoms with van der Waals surface area (Å²) in [7, 11) is 0. The fourth-order valence-electron chi connectivity index (χ4n) is 4.45. The molecule has 1 heterocycles. The standard InChI is InChI=1S/C34H23ClN2/c35-31-19-17-25(18-20-31)28-14-8-16-30(22-28)33-23-32(36-34(37-33)26-11-5-2-6-12-26)29-15-7-13-27(21-29)24-9-3-1-4-10-24/h1-23H. The molecule has 0 radical (unpaired) electrons. The summed E-state index contributed by atoms with van der Waals surface area (Å²) in [6.45, 7) is 0. The van der Waals surface area contributed by atoms with Crippen molar-refractivity contribution < 1.29 is 0 Å². The van der Waals surface area contributed by atoms with Gasteiger partial charge in [0.2, 0.25) is 0 Å². The second-order valence-electron chi connectivity index (χ2n) is 8.86. The maximum absolute atomic E-state index is 6.11. The predicted molar refractivity (Wildman–Crippen MR) is 154 cm³/mol. The van der Waals surface area contributed by atoms with E-state index in [4.69, 9.17) is 21.6 Å². The number of hydrogen-bond acceptors (Lipinski definition) is 2. The number of hydrogen-bond donors (Lipinski definition) is 0. The van der Waals surface area contributed by atoms with Crippen LogP contribution in [0.1, 0.15) is 0 Å². The molecule has 1 aromatic heterocycles. The third-order valence-electron chi connectivity index (χ3n) is 6.36. The fraction of sp³-hybridized carbons (Fsp3) is 0. The Morgan fingerprint density at radius 2 is 0.784 bits per heavy atom. The Kier molecular flexibility index (Phi) is 6.33. The number of halogens is 1. The molecule has 0 aliphatic heterocycles. The van der Waals surface area contributed by atoms with Gasteiger partial charge in [-0.2, -0.15) is 0 Å². The highest BCUT2D eigenvalue weighted by atomic mass is 35.5. The summed E-state index contributed by atoms with van der Waals surface area (Å²) in [4.78, 5) is 10.00. The van der Waals surface area contributed by atoms with Gasteiger partial charge in [0.05, 0.1) is 11.4 Å². The van der Waals surface area contributed by atoms with Crippen LogP contribution in [-0.4, -0.2) is 9.97 Å². The van der Waals surface area contributed by atoms with E-state index in [2.05, 4.69) is 78.9 Å². The van der Waals surface area contributed by atoms with Gasteiger partial charge in [-0.05, 0) is 52.6 Å². The molecule has 176 valence electrons. The lowest BCUT2D eigenvalue weighted by Gasteiger charge is -2.11. The first-order chi connectivity index (χ1) is 18.2. The molecule has 2 nitrogen and oxygen atoms in total. The predicted octanol–water partition coefficient (Wildman–Crippen LogP) is 9.46. The van der Waals surface area contributed by atoms with E-state index >= 15 is 0 Å². The van der Waals surface area contributed by atoms with Crippen LogP contribution in [0.25, 0.3) is 56.2 Å². The summed E-state index contributed by atoms with van der Waals surface area (Å²) in [5.74, 6) is 0.704. The quantitative estimate of drug-likeness (QED) is 0.238. The van der Waals surface area contributed by atoms with Gasteiger partial charge in [0.25, 0.3) is 0 Å². The van der Waals surface area contributed by atoms with Crippen LogP contribution in [0.5, 0.6) is 0 Å². The molecule has 0 atom stereocenters. The molecule has 0 bridgehead atoms. The van der Waals surface area contributed by atoms with E-state index in [-0.39, 0.29) is 0 Å². The van der Waals surface area contributed by atoms with Crippen LogP contribution >= 0.6 is 11.6 Å². The van der Waals surface area contributed by atoms with Gasteiger partial charge >= 0.3 is 0 Å². The molecular weight excluding hydrogens is 472 g/mol. The Balaban J connectivity index is 1.48. The number of nitrogens with zero attached hydrogens (tertiary/aromatic N) is 2. The van der Waals surface area contributed by atoms with E-state index in [1.165, 1.54) is 5.56 Å². The summed E-state index contributed by atoms with van der Waals surface area (Å²) in [6, 6.07) is 47.5. The van der Waals surface area contributed by atoms with Crippen LogP contribution in [-0.2, 0) is 0 Å². The number of benzene rings is 5. The van der Waals surface area contributed by atoms with Crippen molar-refractivity contribution in [3.8, 4) is 56.2 Å². The third-order valence-corrected chi connectivity index (χ3v) is 6.61. The molecule has 37 heavy (non-hydrogen) atoms. The fourth-order valence-corrected chi connectivity index (χ4v) is 4.57. The van der Waals surface area contributed by atoms with Crippen LogP contribution in [0.15, 0.2) is 140 Å². The first-order valence-corrected chi connectivity index (χ1v) is 12.6. The summed E-state index contributed by atoms with van der Waals surface area (Å²) >= 11 is 6.11. The SMILES string of the molecule is Clc1ccc(-c2cccc(-c3cc(-c4cccc(-c5ccccc5)c4)nc(-c4ccccc4)n3)c2)cc1. The lowest BCUT2D eigenvalue weighted by molar-refractivity contribution is 1.18. The second kappa shape index (κ2) is 10.2. The lowest BCUT2D eigenvalue weighted by Crippen LogP contribution is -1.96. The van der Waals surface area contributed by atoms with E-state index in [0.717, 1.165) is 49.8 Å². The van der Waals surface area contributed by atoms with Gasteiger partial charge in [-0.15, -0.1) is 0 Å². The maximum atomic E-state index is 6.11. The van der Waals surface area contributed by atoms with Crippen molar-refractivity contribution in [1.82, 2.24) is 9.97 Å². The molecule has 3 heteroatoms. The molecule has 5 aromatic carbocycles. The summed E-state index contributed by atoms with van der Waals surface area (Å²) in [5.41, 5.74) is 9.40. The van der Waals surface area contributed by atoms with Gasteiger partial charge in [0, 0.05) is 21.7 Å². The maximum Gasteiger partial charge on any atom is 0.160 e. The van der Waals surface area contributed by atoms with Gasteiger partial charge in [0.15, 0.2) is 5.82 Å². The van der Waals surface area contributed by atoms with E-state index in [1.54, 1.807) is 0 Å². The molecule has 0 aliphatic carbocycles. The second-order valence-corrected chi connectivity index (χ2v) is 9.30. The zero-order chi connectivity index (χ0) is 25.0. The summed E-state index contributed by atoms with van der Waals surface area (Å²) < 4.78 is 0. The number of aromatic nitrogens is 2. The van der Waals surface area contributed by atoms with Crippen molar-refractivity contribution in [2.24, 2.45) is 0 Å². The van der Waals surface area contributed by atoms with Crippen LogP contribution in [0.4, 0.5) is 0 Å². The molecule has 0 saturated heterocycles. The smallest absolute Gasteiger partial charge is 0.160 e. The Morgan fingerprint density at radius 1 is 0.351 bits per heavy atom. The average Bonchev–Trinajstić information content (AvgIpc) is 2.98. The van der Waals surface area contributed by atoms with Gasteiger partial charge in [0.1, 0.15) is 0 Å². The monoisotopic (exact) mass is 494 g/mol. The lowest BCUT2D eigenvalue weighted by atomic mass is 9.99. The molecular formula is C34H23ClN2. The van der Waals surface area contributed by atoms with Crippen molar-refractivity contribution in [2.75, 3.05) is 0 Å². The Morgan fingerprint density at radius 3 is 1.32 bits per heavy atom. The van der Waals surface area contributed by atoms with Crippen LogP contribution in [0.3, 0.4) is 0 Å². The van der Waals surface area contributed by atoms with Gasteiger partial charge in [-0.3, -0.25) is 0 Å². The van der Waals surface area contributed by atoms with Crippen molar-refractivity contribution in [1.29, 1.82) is 0 Å². The Hall–Kier alpha value is -4.53. The van der Waals surface area contributed by atoms with Gasteiger partial charge in [-0.1, -0.05) is 121 Å². The largest absolute Gasteiger partial charge is 0.228 e. The molecule has 0 N–H and O–H groups in total. The molecule has 0 spiro atoms. The topological polar surface area (TPSA) is 25.8 Å².